The molecule has 4 rings (SSSR count). The lowest BCUT2D eigenvalue weighted by Gasteiger charge is -2.43. The van der Waals surface area contributed by atoms with Crippen LogP contribution in [0.15, 0.2) is 36.4 Å². The second-order valence-corrected chi connectivity index (χ2v) is 9.95. The summed E-state index contributed by atoms with van der Waals surface area (Å²) in [6.07, 6.45) is 3.57. The van der Waals surface area contributed by atoms with E-state index in [0.29, 0.717) is 17.5 Å². The van der Waals surface area contributed by atoms with Crippen molar-refractivity contribution in [1.29, 1.82) is 0 Å². The maximum absolute atomic E-state index is 12.0. The minimum Gasteiger partial charge on any atom is -0.478 e. The van der Waals surface area contributed by atoms with Crippen LogP contribution in [0.3, 0.4) is 0 Å². The van der Waals surface area contributed by atoms with Crippen LogP contribution in [-0.2, 0) is 5.41 Å². The van der Waals surface area contributed by atoms with E-state index in [1.807, 2.05) is 18.2 Å². The predicted molar refractivity (Wildman–Crippen MR) is 124 cm³/mol. The van der Waals surface area contributed by atoms with Crippen LogP contribution in [0, 0.1) is 12.8 Å². The first-order chi connectivity index (χ1) is 14.2. The molecular formula is C26H34N2O2. The molecule has 160 valence electrons. The summed E-state index contributed by atoms with van der Waals surface area (Å²) < 4.78 is 0. The molecule has 1 aliphatic heterocycles. The largest absolute Gasteiger partial charge is 0.478 e. The van der Waals surface area contributed by atoms with Crippen molar-refractivity contribution in [2.45, 2.75) is 65.3 Å². The normalized spacial score (nSPS) is 17.7. The van der Waals surface area contributed by atoms with Gasteiger partial charge in [0.2, 0.25) is 0 Å². The number of hydrogen-bond donors (Lipinski definition) is 1. The molecule has 0 spiro atoms. The van der Waals surface area contributed by atoms with E-state index in [4.69, 9.17) is 0 Å². The number of hydrogen-bond acceptors (Lipinski definition) is 3. The molecule has 0 atom stereocenters. The molecule has 0 amide bonds. The lowest BCUT2D eigenvalue weighted by molar-refractivity contribution is 0.0697. The van der Waals surface area contributed by atoms with Crippen LogP contribution in [0.1, 0.15) is 68.4 Å². The van der Waals surface area contributed by atoms with Gasteiger partial charge in [-0.2, -0.15) is 0 Å². The first-order valence-electron chi connectivity index (χ1n) is 11.2. The Labute approximate surface area is 180 Å². The molecule has 0 aromatic heterocycles. The first kappa shape index (κ1) is 20.8. The summed E-state index contributed by atoms with van der Waals surface area (Å²) in [6.45, 7) is 13.3. The lowest BCUT2D eigenvalue weighted by atomic mass is 9.76. The number of aryl methyl sites for hydroxylation is 1. The fourth-order valence-electron chi connectivity index (χ4n) is 4.72. The van der Waals surface area contributed by atoms with E-state index >= 15 is 0 Å². The van der Waals surface area contributed by atoms with Gasteiger partial charge < -0.3 is 14.9 Å². The third kappa shape index (κ3) is 3.80. The fraction of sp³-hybridized carbons (Fsp3) is 0.500. The number of rotatable bonds is 6. The molecule has 0 unspecified atom stereocenters. The summed E-state index contributed by atoms with van der Waals surface area (Å²) in [5, 5.41) is 9.82. The highest BCUT2D eigenvalue weighted by Crippen LogP contribution is 2.46. The van der Waals surface area contributed by atoms with Crippen LogP contribution in [-0.4, -0.2) is 30.2 Å². The average Bonchev–Trinajstić information content (AvgIpc) is 3.50. The van der Waals surface area contributed by atoms with Crippen molar-refractivity contribution in [3.8, 4) is 0 Å². The van der Waals surface area contributed by atoms with Crippen molar-refractivity contribution in [3.05, 3.63) is 53.1 Å². The van der Waals surface area contributed by atoms with E-state index in [1.54, 1.807) is 6.07 Å². The summed E-state index contributed by atoms with van der Waals surface area (Å²) in [5.41, 5.74) is 6.33. The Hall–Kier alpha value is -2.49. The summed E-state index contributed by atoms with van der Waals surface area (Å²) in [4.78, 5) is 16.7. The summed E-state index contributed by atoms with van der Waals surface area (Å²) in [5.74, 6) is -0.226. The van der Waals surface area contributed by atoms with E-state index in [0.717, 1.165) is 30.9 Å². The maximum atomic E-state index is 12.0. The number of carboxylic acid groups (broad SMARTS) is 1. The third-order valence-corrected chi connectivity index (χ3v) is 6.81. The zero-order chi connectivity index (χ0) is 21.6. The van der Waals surface area contributed by atoms with Crippen LogP contribution in [0.25, 0.3) is 0 Å². The number of carbonyl (C=O) groups is 1. The molecule has 4 heteroatoms. The Bertz CT molecular complexity index is 960. The molecule has 1 saturated carbocycles. The molecule has 30 heavy (non-hydrogen) atoms. The van der Waals surface area contributed by atoms with Gasteiger partial charge in [0, 0.05) is 30.5 Å². The van der Waals surface area contributed by atoms with Crippen molar-refractivity contribution in [3.63, 3.8) is 0 Å². The minimum absolute atomic E-state index is 0.0980. The predicted octanol–water partition coefficient (Wildman–Crippen LogP) is 6.14. The van der Waals surface area contributed by atoms with Gasteiger partial charge in [0.25, 0.3) is 0 Å². The summed E-state index contributed by atoms with van der Waals surface area (Å²) in [6, 6.07) is 12.6. The van der Waals surface area contributed by atoms with Crippen LogP contribution in [0.4, 0.5) is 17.1 Å². The van der Waals surface area contributed by atoms with Crippen molar-refractivity contribution in [1.82, 2.24) is 0 Å². The molecule has 1 fully saturated rings. The summed E-state index contributed by atoms with van der Waals surface area (Å²) in [7, 11) is 0. The maximum Gasteiger partial charge on any atom is 0.337 e. The smallest absolute Gasteiger partial charge is 0.337 e. The van der Waals surface area contributed by atoms with Gasteiger partial charge in [0.05, 0.1) is 11.3 Å². The second-order valence-electron chi connectivity index (χ2n) is 9.95. The highest BCUT2D eigenvalue weighted by atomic mass is 16.4. The highest BCUT2D eigenvalue weighted by Gasteiger charge is 2.34. The van der Waals surface area contributed by atoms with Crippen molar-refractivity contribution in [2.24, 2.45) is 5.92 Å². The molecule has 0 bridgehead atoms. The van der Waals surface area contributed by atoms with E-state index in [1.165, 1.54) is 29.7 Å². The molecule has 1 N–H and O–H groups in total. The van der Waals surface area contributed by atoms with E-state index < -0.39 is 5.97 Å². The van der Waals surface area contributed by atoms with Gasteiger partial charge in [0.1, 0.15) is 0 Å². The molecule has 2 aliphatic rings. The molecule has 1 heterocycles. The Balaban J connectivity index is 1.88. The molecular weight excluding hydrogens is 372 g/mol. The number of anilines is 3. The lowest BCUT2D eigenvalue weighted by Crippen LogP contribution is -2.41. The van der Waals surface area contributed by atoms with Gasteiger partial charge in [-0.25, -0.2) is 4.79 Å². The van der Waals surface area contributed by atoms with Crippen LogP contribution < -0.4 is 9.80 Å². The zero-order valence-electron chi connectivity index (χ0n) is 18.9. The summed E-state index contributed by atoms with van der Waals surface area (Å²) >= 11 is 0. The third-order valence-electron chi connectivity index (χ3n) is 6.81. The van der Waals surface area contributed by atoms with Gasteiger partial charge in [0.15, 0.2) is 0 Å². The standard InChI is InChI=1S/C26H34N2O2/c1-17(2)27-13-12-26(4,5)21-15-23(18(3)14-24(21)27)28(16-19-10-11-19)22-9-7-6-8-20(22)25(29)30/h6-9,14-15,17,19H,10-13,16H2,1-5H3,(H,29,30). The number of carboxylic acids is 1. The molecule has 0 saturated heterocycles. The minimum atomic E-state index is -0.867. The number of nitrogens with zero attached hydrogens (tertiary/aromatic N) is 2. The van der Waals surface area contributed by atoms with Gasteiger partial charge in [-0.3, -0.25) is 0 Å². The number of fused-ring (bicyclic) bond motifs is 1. The number of benzene rings is 2. The van der Waals surface area contributed by atoms with Crippen LogP contribution in [0.2, 0.25) is 0 Å². The zero-order valence-corrected chi connectivity index (χ0v) is 18.9. The first-order valence-corrected chi connectivity index (χ1v) is 11.2. The van der Waals surface area contributed by atoms with Crippen LogP contribution in [0.5, 0.6) is 0 Å². The second kappa shape index (κ2) is 7.64. The van der Waals surface area contributed by atoms with Crippen molar-refractivity contribution >= 4 is 23.0 Å². The highest BCUT2D eigenvalue weighted by molar-refractivity contribution is 5.96. The number of aromatic carboxylic acids is 1. The molecule has 2 aromatic rings. The monoisotopic (exact) mass is 406 g/mol. The molecule has 1 aliphatic carbocycles. The van der Waals surface area contributed by atoms with E-state index in [2.05, 4.69) is 56.6 Å². The van der Waals surface area contributed by atoms with Gasteiger partial charge in [-0.1, -0.05) is 26.0 Å². The van der Waals surface area contributed by atoms with Crippen molar-refractivity contribution < 1.29 is 9.90 Å². The van der Waals surface area contributed by atoms with Crippen molar-refractivity contribution in [2.75, 3.05) is 22.9 Å². The van der Waals surface area contributed by atoms with E-state index in [9.17, 15) is 9.90 Å². The Morgan fingerprint density at radius 3 is 2.53 bits per heavy atom. The molecule has 4 nitrogen and oxygen atoms in total. The van der Waals surface area contributed by atoms with Crippen LogP contribution >= 0.6 is 0 Å². The Kier molecular flexibility index (Phi) is 5.29. The van der Waals surface area contributed by atoms with Gasteiger partial charge in [-0.15, -0.1) is 0 Å². The topological polar surface area (TPSA) is 43.8 Å². The molecule has 2 aromatic carbocycles. The quantitative estimate of drug-likeness (QED) is 0.626. The van der Waals surface area contributed by atoms with E-state index in [-0.39, 0.29) is 5.41 Å². The van der Waals surface area contributed by atoms with Gasteiger partial charge in [-0.05, 0) is 86.8 Å². The fourth-order valence-corrected chi connectivity index (χ4v) is 4.72. The average molecular weight is 407 g/mol. The molecule has 0 radical (unpaired) electrons. The SMILES string of the molecule is Cc1cc2c(cc1N(CC1CC1)c1ccccc1C(=O)O)C(C)(C)CCN2C(C)C. The Morgan fingerprint density at radius 1 is 1.20 bits per heavy atom. The number of para-hydroxylation sites is 1. The van der Waals surface area contributed by atoms with Gasteiger partial charge >= 0.3 is 5.97 Å². The Morgan fingerprint density at radius 2 is 1.90 bits per heavy atom.